The maximum atomic E-state index is 12.6. The quantitative estimate of drug-likeness (QED) is 0.586. The zero-order valence-electron chi connectivity index (χ0n) is 13.9. The molecular formula is C19H15N3O4. The van der Waals surface area contributed by atoms with Crippen LogP contribution in [0.1, 0.15) is 21.7 Å². The minimum Gasteiger partial charge on any atom is -0.485 e. The Bertz CT molecular complexity index is 1070. The molecule has 1 amide bonds. The van der Waals surface area contributed by atoms with Gasteiger partial charge in [-0.3, -0.25) is 4.79 Å². The summed E-state index contributed by atoms with van der Waals surface area (Å²) in [6.07, 6.45) is 1.46. The highest BCUT2D eigenvalue weighted by Gasteiger charge is 2.17. The first-order valence-electron chi connectivity index (χ1n) is 8.00. The maximum absolute atomic E-state index is 12.6. The van der Waals surface area contributed by atoms with E-state index < -0.39 is 0 Å². The van der Waals surface area contributed by atoms with E-state index in [2.05, 4.69) is 15.6 Å². The number of hydrogen-bond donors (Lipinski definition) is 1. The molecule has 0 bridgehead atoms. The van der Waals surface area contributed by atoms with E-state index in [0.717, 1.165) is 11.3 Å². The van der Waals surface area contributed by atoms with Gasteiger partial charge >= 0.3 is 0 Å². The van der Waals surface area contributed by atoms with E-state index in [0.29, 0.717) is 28.0 Å². The number of ether oxygens (including phenoxy) is 1. The SMILES string of the molecule is Cc1ccccc1OCc1occc1C(=O)Nc1cccc2nonc12. The van der Waals surface area contributed by atoms with Crippen LogP contribution in [-0.4, -0.2) is 16.2 Å². The molecule has 130 valence electrons. The van der Waals surface area contributed by atoms with Gasteiger partial charge in [0.25, 0.3) is 5.91 Å². The molecular weight excluding hydrogens is 334 g/mol. The van der Waals surface area contributed by atoms with E-state index >= 15 is 0 Å². The number of fused-ring (bicyclic) bond motifs is 1. The van der Waals surface area contributed by atoms with Crippen LogP contribution in [0.3, 0.4) is 0 Å². The lowest BCUT2D eigenvalue weighted by atomic mass is 10.2. The Morgan fingerprint density at radius 3 is 2.88 bits per heavy atom. The van der Waals surface area contributed by atoms with Gasteiger partial charge in [-0.2, -0.15) is 0 Å². The number of aromatic nitrogens is 2. The first-order chi connectivity index (χ1) is 12.7. The first-order valence-corrected chi connectivity index (χ1v) is 8.00. The molecule has 2 heterocycles. The zero-order chi connectivity index (χ0) is 17.9. The standard InChI is InChI=1S/C19H15N3O4/c1-12-5-2-3-8-16(12)25-11-17-13(9-10-24-17)19(23)20-14-6-4-7-15-18(14)22-26-21-15/h2-10H,11H2,1H3,(H,20,23). The third-order valence-corrected chi connectivity index (χ3v) is 3.98. The molecule has 26 heavy (non-hydrogen) atoms. The lowest BCUT2D eigenvalue weighted by molar-refractivity contribution is 0.102. The Morgan fingerprint density at radius 1 is 1.12 bits per heavy atom. The van der Waals surface area contributed by atoms with Crippen molar-refractivity contribution in [3.8, 4) is 5.75 Å². The van der Waals surface area contributed by atoms with Crippen LogP contribution < -0.4 is 10.1 Å². The van der Waals surface area contributed by atoms with Crippen molar-refractivity contribution in [1.82, 2.24) is 10.3 Å². The summed E-state index contributed by atoms with van der Waals surface area (Å²) in [6.45, 7) is 2.11. The highest BCUT2D eigenvalue weighted by Crippen LogP contribution is 2.23. The molecule has 7 heteroatoms. The number of nitrogens with zero attached hydrogens (tertiary/aromatic N) is 2. The van der Waals surface area contributed by atoms with E-state index in [1.165, 1.54) is 6.26 Å². The lowest BCUT2D eigenvalue weighted by Gasteiger charge is -2.09. The predicted octanol–water partition coefficient (Wildman–Crippen LogP) is 3.96. The predicted molar refractivity (Wildman–Crippen MR) is 94.0 cm³/mol. The fraction of sp³-hybridized carbons (Fsp3) is 0.105. The van der Waals surface area contributed by atoms with Crippen molar-refractivity contribution < 1.29 is 18.6 Å². The van der Waals surface area contributed by atoms with Crippen molar-refractivity contribution in [2.75, 3.05) is 5.32 Å². The molecule has 0 spiro atoms. The highest BCUT2D eigenvalue weighted by molar-refractivity contribution is 6.08. The van der Waals surface area contributed by atoms with E-state index in [1.807, 2.05) is 31.2 Å². The molecule has 0 fully saturated rings. The van der Waals surface area contributed by atoms with E-state index in [9.17, 15) is 4.79 Å². The summed E-state index contributed by atoms with van der Waals surface area (Å²) < 4.78 is 15.9. The molecule has 0 radical (unpaired) electrons. The lowest BCUT2D eigenvalue weighted by Crippen LogP contribution is -2.14. The summed E-state index contributed by atoms with van der Waals surface area (Å²) in [5.41, 5.74) is 2.98. The minimum absolute atomic E-state index is 0.149. The molecule has 0 saturated carbocycles. The Morgan fingerprint density at radius 2 is 2.00 bits per heavy atom. The topological polar surface area (TPSA) is 90.4 Å². The van der Waals surface area contributed by atoms with Crippen LogP contribution >= 0.6 is 0 Å². The maximum Gasteiger partial charge on any atom is 0.259 e. The van der Waals surface area contributed by atoms with Gasteiger partial charge in [0.15, 0.2) is 11.3 Å². The summed E-state index contributed by atoms with van der Waals surface area (Å²) >= 11 is 0. The summed E-state index contributed by atoms with van der Waals surface area (Å²) in [7, 11) is 0. The number of hydrogen-bond acceptors (Lipinski definition) is 6. The molecule has 0 aliphatic carbocycles. The van der Waals surface area contributed by atoms with Gasteiger partial charge < -0.3 is 14.5 Å². The number of carbonyl (C=O) groups excluding carboxylic acids is 1. The second-order valence-corrected chi connectivity index (χ2v) is 5.70. The van der Waals surface area contributed by atoms with Crippen molar-refractivity contribution >= 4 is 22.6 Å². The van der Waals surface area contributed by atoms with Gasteiger partial charge in [-0.1, -0.05) is 24.3 Å². The summed E-state index contributed by atoms with van der Waals surface area (Å²) in [6, 6.07) is 14.5. The van der Waals surface area contributed by atoms with Gasteiger partial charge in [0.2, 0.25) is 0 Å². The fourth-order valence-electron chi connectivity index (χ4n) is 2.61. The second kappa shape index (κ2) is 6.72. The van der Waals surface area contributed by atoms with Crippen molar-refractivity contribution in [3.63, 3.8) is 0 Å². The van der Waals surface area contributed by atoms with Crippen molar-refractivity contribution in [2.24, 2.45) is 0 Å². The van der Waals surface area contributed by atoms with Crippen LogP contribution in [0.15, 0.2) is 63.8 Å². The smallest absolute Gasteiger partial charge is 0.259 e. The van der Waals surface area contributed by atoms with E-state index in [4.69, 9.17) is 13.8 Å². The summed E-state index contributed by atoms with van der Waals surface area (Å²) in [5, 5.41) is 10.4. The Kier molecular flexibility index (Phi) is 4.10. The normalized spacial score (nSPS) is 10.8. The Balaban J connectivity index is 1.52. The van der Waals surface area contributed by atoms with Crippen LogP contribution in [0.2, 0.25) is 0 Å². The molecule has 0 aliphatic heterocycles. The molecule has 2 aromatic heterocycles. The van der Waals surface area contributed by atoms with Crippen molar-refractivity contribution in [3.05, 3.63) is 71.7 Å². The van der Waals surface area contributed by atoms with Gasteiger partial charge in [0.1, 0.15) is 17.9 Å². The van der Waals surface area contributed by atoms with Crippen LogP contribution in [-0.2, 0) is 6.61 Å². The van der Waals surface area contributed by atoms with Gasteiger partial charge in [-0.05, 0) is 47.1 Å². The summed E-state index contributed by atoms with van der Waals surface area (Å²) in [5.74, 6) is 0.863. The zero-order valence-corrected chi connectivity index (χ0v) is 13.9. The fourth-order valence-corrected chi connectivity index (χ4v) is 2.61. The average Bonchev–Trinajstić information content (AvgIpc) is 3.30. The van der Waals surface area contributed by atoms with Crippen LogP contribution in [0, 0.1) is 6.92 Å². The second-order valence-electron chi connectivity index (χ2n) is 5.70. The number of aryl methyl sites for hydroxylation is 1. The Hall–Kier alpha value is -3.61. The first kappa shape index (κ1) is 15.9. The minimum atomic E-state index is -0.322. The third kappa shape index (κ3) is 3.02. The number of anilines is 1. The number of benzene rings is 2. The van der Waals surface area contributed by atoms with Gasteiger partial charge in [-0.25, -0.2) is 4.63 Å². The van der Waals surface area contributed by atoms with Gasteiger partial charge in [-0.15, -0.1) is 0 Å². The van der Waals surface area contributed by atoms with E-state index in [-0.39, 0.29) is 12.5 Å². The number of furan rings is 1. The van der Waals surface area contributed by atoms with Crippen LogP contribution in [0.25, 0.3) is 11.0 Å². The average molecular weight is 349 g/mol. The van der Waals surface area contributed by atoms with E-state index in [1.54, 1.807) is 24.3 Å². The van der Waals surface area contributed by atoms with Crippen molar-refractivity contribution in [2.45, 2.75) is 13.5 Å². The number of amides is 1. The summed E-state index contributed by atoms with van der Waals surface area (Å²) in [4.78, 5) is 12.6. The van der Waals surface area contributed by atoms with Crippen LogP contribution in [0.4, 0.5) is 5.69 Å². The highest BCUT2D eigenvalue weighted by atomic mass is 16.6. The molecule has 7 nitrogen and oxygen atoms in total. The molecule has 1 N–H and O–H groups in total. The molecule has 0 atom stereocenters. The van der Waals surface area contributed by atoms with Gasteiger partial charge in [0.05, 0.1) is 17.5 Å². The molecule has 4 rings (SSSR count). The number of para-hydroxylation sites is 1. The van der Waals surface area contributed by atoms with Gasteiger partial charge in [0, 0.05) is 0 Å². The number of carbonyl (C=O) groups is 1. The largest absolute Gasteiger partial charge is 0.485 e. The number of rotatable bonds is 5. The Labute approximate surface area is 148 Å². The van der Waals surface area contributed by atoms with Crippen molar-refractivity contribution in [1.29, 1.82) is 0 Å². The third-order valence-electron chi connectivity index (χ3n) is 3.98. The molecule has 0 saturated heterocycles. The molecule has 2 aromatic carbocycles. The monoisotopic (exact) mass is 349 g/mol. The van der Waals surface area contributed by atoms with Crippen LogP contribution in [0.5, 0.6) is 5.75 Å². The molecule has 4 aromatic rings. The molecule has 0 aliphatic rings. The number of nitrogens with one attached hydrogen (secondary N) is 1. The molecule has 0 unspecified atom stereocenters.